The first-order valence-corrected chi connectivity index (χ1v) is 8.49. The number of nitro groups is 1. The molecule has 1 saturated heterocycles. The number of likely N-dealkylation sites (N-methyl/N-ethyl adjacent to an activating group) is 1. The summed E-state index contributed by atoms with van der Waals surface area (Å²) in [6, 6.07) is 2.92. The second-order valence-corrected chi connectivity index (χ2v) is 7.31. The molecule has 0 radical (unpaired) electrons. The lowest BCUT2D eigenvalue weighted by Crippen LogP contribution is -2.50. The van der Waals surface area contributed by atoms with E-state index in [0.717, 1.165) is 19.3 Å². The summed E-state index contributed by atoms with van der Waals surface area (Å²) in [6.07, 6.45) is 3.99. The molecule has 1 aromatic rings. The quantitative estimate of drug-likeness (QED) is 0.612. The van der Waals surface area contributed by atoms with Crippen molar-refractivity contribution >= 4 is 17.6 Å². The number of amides is 1. The lowest BCUT2D eigenvalue weighted by Gasteiger charge is -2.38. The molecule has 25 heavy (non-hydrogen) atoms. The topological polar surface area (TPSA) is 88.8 Å². The van der Waals surface area contributed by atoms with Crippen LogP contribution in [-0.2, 0) is 4.74 Å². The number of aromatic nitrogens is 1. The summed E-state index contributed by atoms with van der Waals surface area (Å²) in [5.74, 6) is 0.308. The Kier molecular flexibility index (Phi) is 5.81. The van der Waals surface area contributed by atoms with E-state index >= 15 is 0 Å². The molecule has 8 heteroatoms. The standard InChI is InChI=1S/C17H26N4O4/c1-17(2,3)25-16(22)20-11-6-5-8-13(20)12-19(4)15-14(21(23)24)9-7-10-18-15/h7,9-10,13H,5-6,8,11-12H2,1-4H3. The van der Waals surface area contributed by atoms with Gasteiger partial charge in [-0.3, -0.25) is 10.1 Å². The molecular formula is C17H26N4O4. The maximum absolute atomic E-state index is 12.5. The normalized spacial score (nSPS) is 17.9. The molecule has 2 rings (SSSR count). The van der Waals surface area contributed by atoms with Crippen LogP contribution < -0.4 is 4.90 Å². The zero-order chi connectivity index (χ0) is 18.6. The van der Waals surface area contributed by atoms with Crippen LogP contribution in [0.15, 0.2) is 18.3 Å². The fraction of sp³-hybridized carbons (Fsp3) is 0.647. The Morgan fingerprint density at radius 1 is 1.48 bits per heavy atom. The fourth-order valence-electron chi connectivity index (χ4n) is 2.98. The molecule has 0 aliphatic carbocycles. The van der Waals surface area contributed by atoms with Crippen molar-refractivity contribution in [3.63, 3.8) is 0 Å². The van der Waals surface area contributed by atoms with Crippen LogP contribution in [0.4, 0.5) is 16.3 Å². The van der Waals surface area contributed by atoms with Gasteiger partial charge in [0.1, 0.15) is 5.60 Å². The second kappa shape index (κ2) is 7.67. The highest BCUT2D eigenvalue weighted by atomic mass is 16.6. The van der Waals surface area contributed by atoms with Gasteiger partial charge in [-0.25, -0.2) is 9.78 Å². The van der Waals surface area contributed by atoms with Crippen molar-refractivity contribution in [1.29, 1.82) is 0 Å². The van der Waals surface area contributed by atoms with E-state index < -0.39 is 10.5 Å². The van der Waals surface area contributed by atoms with Gasteiger partial charge in [-0.15, -0.1) is 0 Å². The summed E-state index contributed by atoms with van der Waals surface area (Å²) < 4.78 is 5.50. The summed E-state index contributed by atoms with van der Waals surface area (Å²) in [4.78, 5) is 30.9. The lowest BCUT2D eigenvalue weighted by atomic mass is 10.0. The van der Waals surface area contributed by atoms with Crippen LogP contribution in [0.2, 0.25) is 0 Å². The van der Waals surface area contributed by atoms with Crippen molar-refractivity contribution in [2.45, 2.75) is 51.7 Å². The van der Waals surface area contributed by atoms with Crippen molar-refractivity contribution in [1.82, 2.24) is 9.88 Å². The van der Waals surface area contributed by atoms with Crippen molar-refractivity contribution in [3.8, 4) is 0 Å². The van der Waals surface area contributed by atoms with Crippen LogP contribution in [0, 0.1) is 10.1 Å². The third kappa shape index (κ3) is 5.04. The molecule has 1 amide bonds. The van der Waals surface area contributed by atoms with Crippen LogP contribution in [0.5, 0.6) is 0 Å². The van der Waals surface area contributed by atoms with Gasteiger partial charge in [-0.1, -0.05) is 0 Å². The molecule has 2 heterocycles. The van der Waals surface area contributed by atoms with Gasteiger partial charge < -0.3 is 14.5 Å². The number of pyridine rings is 1. The Hall–Kier alpha value is -2.38. The van der Waals surface area contributed by atoms with Gasteiger partial charge in [-0.2, -0.15) is 0 Å². The van der Waals surface area contributed by atoms with Gasteiger partial charge in [0.15, 0.2) is 0 Å². The van der Waals surface area contributed by atoms with E-state index in [0.29, 0.717) is 18.9 Å². The third-order valence-electron chi connectivity index (χ3n) is 4.06. The highest BCUT2D eigenvalue weighted by Gasteiger charge is 2.32. The highest BCUT2D eigenvalue weighted by Crippen LogP contribution is 2.26. The van der Waals surface area contributed by atoms with Crippen LogP contribution in [0.1, 0.15) is 40.0 Å². The molecule has 1 atom stereocenters. The van der Waals surface area contributed by atoms with Crippen molar-refractivity contribution < 1.29 is 14.5 Å². The first-order valence-electron chi connectivity index (χ1n) is 8.49. The molecule has 1 aromatic heterocycles. The van der Waals surface area contributed by atoms with E-state index in [9.17, 15) is 14.9 Å². The number of hydrogen-bond donors (Lipinski definition) is 0. The number of carbonyl (C=O) groups is 1. The van der Waals surface area contributed by atoms with Gasteiger partial charge in [0.2, 0.25) is 5.82 Å². The smallest absolute Gasteiger partial charge is 0.410 e. The largest absolute Gasteiger partial charge is 0.444 e. The Labute approximate surface area is 147 Å². The highest BCUT2D eigenvalue weighted by molar-refractivity contribution is 5.69. The summed E-state index contributed by atoms with van der Waals surface area (Å²) >= 11 is 0. The molecule has 1 unspecified atom stereocenters. The lowest BCUT2D eigenvalue weighted by molar-refractivity contribution is -0.384. The first kappa shape index (κ1) is 19.0. The van der Waals surface area contributed by atoms with Gasteiger partial charge in [0.25, 0.3) is 0 Å². The van der Waals surface area contributed by atoms with Crippen LogP contribution >= 0.6 is 0 Å². The zero-order valence-corrected chi connectivity index (χ0v) is 15.3. The van der Waals surface area contributed by atoms with Gasteiger partial charge in [-0.05, 0) is 46.1 Å². The van der Waals surface area contributed by atoms with Crippen molar-refractivity contribution in [2.75, 3.05) is 25.0 Å². The van der Waals surface area contributed by atoms with Crippen LogP contribution in [0.25, 0.3) is 0 Å². The molecule has 0 bridgehead atoms. The molecule has 1 aliphatic rings. The van der Waals surface area contributed by atoms with Gasteiger partial charge in [0, 0.05) is 32.4 Å². The monoisotopic (exact) mass is 350 g/mol. The number of anilines is 1. The van der Waals surface area contributed by atoms with E-state index in [1.165, 1.54) is 12.3 Å². The number of carbonyl (C=O) groups excluding carboxylic acids is 1. The predicted octanol–water partition coefficient (Wildman–Crippen LogP) is 3.22. The van der Waals surface area contributed by atoms with Crippen molar-refractivity contribution in [2.24, 2.45) is 0 Å². The number of ether oxygens (including phenoxy) is 1. The molecule has 0 saturated carbocycles. The third-order valence-corrected chi connectivity index (χ3v) is 4.06. The number of nitrogens with zero attached hydrogens (tertiary/aromatic N) is 4. The average molecular weight is 350 g/mol. The summed E-state index contributed by atoms with van der Waals surface area (Å²) in [5.41, 5.74) is -0.588. The number of rotatable bonds is 4. The van der Waals surface area contributed by atoms with E-state index in [-0.39, 0.29) is 17.8 Å². The maximum Gasteiger partial charge on any atom is 0.410 e. The molecule has 0 aromatic carbocycles. The summed E-state index contributed by atoms with van der Waals surface area (Å²) in [6.45, 7) is 6.63. The Bertz CT molecular complexity index is 629. The van der Waals surface area contributed by atoms with Gasteiger partial charge >= 0.3 is 11.8 Å². The Morgan fingerprint density at radius 2 is 2.20 bits per heavy atom. The van der Waals surface area contributed by atoms with E-state index in [2.05, 4.69) is 4.98 Å². The maximum atomic E-state index is 12.5. The molecule has 0 spiro atoms. The summed E-state index contributed by atoms with van der Waals surface area (Å²) in [7, 11) is 1.76. The van der Waals surface area contributed by atoms with Gasteiger partial charge in [0.05, 0.1) is 11.0 Å². The SMILES string of the molecule is CN(CC1CCCCN1C(=O)OC(C)(C)C)c1ncccc1[N+](=O)[O-]. The van der Waals surface area contributed by atoms with E-state index in [4.69, 9.17) is 4.74 Å². The van der Waals surface area contributed by atoms with E-state index in [1.54, 1.807) is 22.9 Å². The first-order chi connectivity index (χ1) is 11.7. The molecule has 1 aliphatic heterocycles. The van der Waals surface area contributed by atoms with Crippen LogP contribution in [0.3, 0.4) is 0 Å². The number of piperidine rings is 1. The Morgan fingerprint density at radius 3 is 2.84 bits per heavy atom. The minimum atomic E-state index is -0.551. The summed E-state index contributed by atoms with van der Waals surface area (Å²) in [5, 5.41) is 11.2. The van der Waals surface area contributed by atoms with Crippen molar-refractivity contribution in [3.05, 3.63) is 28.4 Å². The molecule has 8 nitrogen and oxygen atoms in total. The predicted molar refractivity (Wildman–Crippen MR) is 94.7 cm³/mol. The zero-order valence-electron chi connectivity index (χ0n) is 15.3. The average Bonchev–Trinajstić information content (AvgIpc) is 2.53. The second-order valence-electron chi connectivity index (χ2n) is 7.31. The molecule has 0 N–H and O–H groups in total. The van der Waals surface area contributed by atoms with E-state index in [1.807, 2.05) is 20.8 Å². The number of hydrogen-bond acceptors (Lipinski definition) is 6. The fourth-order valence-corrected chi connectivity index (χ4v) is 2.98. The molecule has 1 fully saturated rings. The van der Waals surface area contributed by atoms with Crippen LogP contribution in [-0.4, -0.2) is 52.7 Å². The minimum Gasteiger partial charge on any atom is -0.444 e. The molecule has 138 valence electrons. The number of likely N-dealkylation sites (tertiary alicyclic amines) is 1. The molecular weight excluding hydrogens is 324 g/mol. The minimum absolute atomic E-state index is 0.0374. The Balaban J connectivity index is 2.13.